The largest absolute Gasteiger partial charge is 0.338 e. The Morgan fingerprint density at radius 3 is 3.06 bits per heavy atom. The Labute approximate surface area is 99.7 Å². The fraction of sp³-hybridized carbons (Fsp3) is 0.636. The third kappa shape index (κ3) is 2.10. The van der Waals surface area contributed by atoms with Crippen molar-refractivity contribution < 1.29 is 4.79 Å². The van der Waals surface area contributed by atoms with Gasteiger partial charge in [0.1, 0.15) is 4.88 Å². The lowest BCUT2D eigenvalue weighted by atomic mass is 10.2. The number of aromatic nitrogens is 1. The van der Waals surface area contributed by atoms with Gasteiger partial charge in [0.25, 0.3) is 5.91 Å². The van der Waals surface area contributed by atoms with Crippen molar-refractivity contribution in [1.82, 2.24) is 15.2 Å². The van der Waals surface area contributed by atoms with E-state index in [-0.39, 0.29) is 5.91 Å². The summed E-state index contributed by atoms with van der Waals surface area (Å²) in [6, 6.07) is 0. The van der Waals surface area contributed by atoms with Crippen LogP contribution < -0.4 is 5.32 Å². The van der Waals surface area contributed by atoms with E-state index in [9.17, 15) is 4.79 Å². The summed E-state index contributed by atoms with van der Waals surface area (Å²) in [5, 5.41) is 4.17. The molecule has 0 spiro atoms. The molecule has 5 heteroatoms. The Bertz CT molecular complexity index is 389. The second kappa shape index (κ2) is 4.93. The van der Waals surface area contributed by atoms with Crippen LogP contribution in [-0.4, -0.2) is 42.5 Å². The SMILES string of the molecule is CCN1CCc2nc(CCNC)sc2C1=O. The minimum Gasteiger partial charge on any atom is -0.338 e. The molecule has 1 aliphatic heterocycles. The van der Waals surface area contributed by atoms with Gasteiger partial charge in [-0.15, -0.1) is 11.3 Å². The molecular weight excluding hydrogens is 222 g/mol. The maximum Gasteiger partial charge on any atom is 0.265 e. The van der Waals surface area contributed by atoms with Crippen molar-refractivity contribution in [2.75, 3.05) is 26.7 Å². The van der Waals surface area contributed by atoms with Crippen molar-refractivity contribution in [1.29, 1.82) is 0 Å². The van der Waals surface area contributed by atoms with Crippen molar-refractivity contribution in [3.05, 3.63) is 15.6 Å². The van der Waals surface area contributed by atoms with E-state index in [1.165, 1.54) is 0 Å². The Kier molecular flexibility index (Phi) is 3.56. The average molecular weight is 239 g/mol. The summed E-state index contributed by atoms with van der Waals surface area (Å²) in [6.07, 6.45) is 1.82. The molecule has 0 saturated carbocycles. The summed E-state index contributed by atoms with van der Waals surface area (Å²) in [5.41, 5.74) is 1.01. The lowest BCUT2D eigenvalue weighted by Crippen LogP contribution is -2.36. The lowest BCUT2D eigenvalue weighted by Gasteiger charge is -2.24. The molecule has 0 bridgehead atoms. The molecule has 0 saturated heterocycles. The Morgan fingerprint density at radius 2 is 2.38 bits per heavy atom. The normalized spacial score (nSPS) is 15.4. The highest BCUT2D eigenvalue weighted by Gasteiger charge is 2.26. The first-order valence-electron chi connectivity index (χ1n) is 5.68. The second-order valence-corrected chi connectivity index (χ2v) is 4.96. The van der Waals surface area contributed by atoms with Crippen molar-refractivity contribution in [2.24, 2.45) is 0 Å². The number of nitrogens with one attached hydrogen (secondary N) is 1. The number of thiazole rings is 1. The number of nitrogens with zero attached hydrogens (tertiary/aromatic N) is 2. The van der Waals surface area contributed by atoms with Gasteiger partial charge < -0.3 is 10.2 Å². The van der Waals surface area contributed by atoms with E-state index in [4.69, 9.17) is 0 Å². The number of fused-ring (bicyclic) bond motifs is 1. The number of rotatable bonds is 4. The highest BCUT2D eigenvalue weighted by molar-refractivity contribution is 7.13. The fourth-order valence-corrected chi connectivity index (χ4v) is 2.94. The predicted octanol–water partition coefficient (Wildman–Crippen LogP) is 0.923. The van der Waals surface area contributed by atoms with Gasteiger partial charge in [-0.3, -0.25) is 4.79 Å². The molecule has 1 N–H and O–H groups in total. The van der Waals surface area contributed by atoms with Crippen LogP contribution in [0, 0.1) is 0 Å². The first-order chi connectivity index (χ1) is 7.76. The molecule has 0 radical (unpaired) electrons. The summed E-state index contributed by atoms with van der Waals surface area (Å²) in [5.74, 6) is 0.164. The summed E-state index contributed by atoms with van der Waals surface area (Å²) in [4.78, 5) is 19.3. The van der Waals surface area contributed by atoms with Crippen LogP contribution in [0.15, 0.2) is 0 Å². The number of carbonyl (C=O) groups is 1. The van der Waals surface area contributed by atoms with Gasteiger partial charge in [-0.1, -0.05) is 0 Å². The number of hydrogen-bond donors (Lipinski definition) is 1. The summed E-state index contributed by atoms with van der Waals surface area (Å²) in [7, 11) is 1.93. The van der Waals surface area contributed by atoms with Crippen LogP contribution in [0.3, 0.4) is 0 Å². The topological polar surface area (TPSA) is 45.2 Å². The summed E-state index contributed by atoms with van der Waals surface area (Å²) in [6.45, 7) is 4.55. The summed E-state index contributed by atoms with van der Waals surface area (Å²) >= 11 is 1.56. The molecule has 0 fully saturated rings. The van der Waals surface area contributed by atoms with Gasteiger partial charge >= 0.3 is 0 Å². The van der Waals surface area contributed by atoms with E-state index in [0.717, 1.165) is 48.1 Å². The molecule has 0 atom stereocenters. The number of amides is 1. The van der Waals surface area contributed by atoms with E-state index in [2.05, 4.69) is 10.3 Å². The molecule has 1 aromatic rings. The van der Waals surface area contributed by atoms with Crippen molar-refractivity contribution in [3.63, 3.8) is 0 Å². The molecule has 0 aliphatic carbocycles. The van der Waals surface area contributed by atoms with Crippen molar-refractivity contribution >= 4 is 17.2 Å². The number of hydrogen-bond acceptors (Lipinski definition) is 4. The molecule has 2 heterocycles. The third-order valence-corrected chi connectivity index (χ3v) is 3.96. The monoisotopic (exact) mass is 239 g/mol. The van der Waals surface area contributed by atoms with Crippen LogP contribution in [0.25, 0.3) is 0 Å². The van der Waals surface area contributed by atoms with E-state index >= 15 is 0 Å². The zero-order valence-electron chi connectivity index (χ0n) is 9.75. The van der Waals surface area contributed by atoms with Gasteiger partial charge in [-0.2, -0.15) is 0 Å². The van der Waals surface area contributed by atoms with Gasteiger partial charge in [0, 0.05) is 32.5 Å². The van der Waals surface area contributed by atoms with Crippen LogP contribution >= 0.6 is 11.3 Å². The van der Waals surface area contributed by atoms with Gasteiger partial charge in [-0.25, -0.2) is 4.98 Å². The van der Waals surface area contributed by atoms with Crippen LogP contribution in [0.4, 0.5) is 0 Å². The minimum absolute atomic E-state index is 0.164. The maximum absolute atomic E-state index is 12.0. The standard InChI is InChI=1S/C11H17N3OS/c1-3-14-7-5-8-10(11(14)15)16-9(13-8)4-6-12-2/h12H,3-7H2,1-2H3. The zero-order chi connectivity index (χ0) is 11.5. The number of carbonyl (C=O) groups excluding carboxylic acids is 1. The molecule has 4 nitrogen and oxygen atoms in total. The van der Waals surface area contributed by atoms with E-state index < -0.39 is 0 Å². The highest BCUT2D eigenvalue weighted by Crippen LogP contribution is 2.25. The summed E-state index contributed by atoms with van der Waals surface area (Å²) < 4.78 is 0. The van der Waals surface area contributed by atoms with Gasteiger partial charge in [0.15, 0.2) is 0 Å². The van der Waals surface area contributed by atoms with Crippen molar-refractivity contribution in [2.45, 2.75) is 19.8 Å². The van der Waals surface area contributed by atoms with Gasteiger partial charge in [-0.05, 0) is 14.0 Å². The van der Waals surface area contributed by atoms with E-state index in [1.54, 1.807) is 11.3 Å². The lowest BCUT2D eigenvalue weighted by molar-refractivity contribution is 0.0753. The van der Waals surface area contributed by atoms with Crippen molar-refractivity contribution in [3.8, 4) is 0 Å². The van der Waals surface area contributed by atoms with E-state index in [1.807, 2.05) is 18.9 Å². The highest BCUT2D eigenvalue weighted by atomic mass is 32.1. The van der Waals surface area contributed by atoms with Crippen LogP contribution in [0.1, 0.15) is 27.3 Å². The molecule has 1 aromatic heterocycles. The van der Waals surface area contributed by atoms with Gasteiger partial charge in [0.05, 0.1) is 10.7 Å². The fourth-order valence-electron chi connectivity index (χ4n) is 1.86. The van der Waals surface area contributed by atoms with E-state index in [0.29, 0.717) is 0 Å². The first-order valence-corrected chi connectivity index (χ1v) is 6.50. The molecule has 88 valence electrons. The molecule has 1 amide bonds. The molecule has 0 aromatic carbocycles. The molecule has 0 unspecified atom stereocenters. The van der Waals surface area contributed by atoms with Crippen LogP contribution in [0.2, 0.25) is 0 Å². The van der Waals surface area contributed by atoms with Crippen LogP contribution in [-0.2, 0) is 12.8 Å². The Morgan fingerprint density at radius 1 is 1.56 bits per heavy atom. The van der Waals surface area contributed by atoms with Crippen LogP contribution in [0.5, 0.6) is 0 Å². The molecule has 1 aliphatic rings. The minimum atomic E-state index is 0.164. The third-order valence-electron chi connectivity index (χ3n) is 2.81. The number of likely N-dealkylation sites (N-methyl/N-ethyl adjacent to an activating group) is 2. The Hall–Kier alpha value is -0.940. The Balaban J connectivity index is 2.17. The smallest absolute Gasteiger partial charge is 0.265 e. The second-order valence-electron chi connectivity index (χ2n) is 3.87. The average Bonchev–Trinajstić information content (AvgIpc) is 2.71. The van der Waals surface area contributed by atoms with Gasteiger partial charge in [0.2, 0.25) is 0 Å². The molecule has 16 heavy (non-hydrogen) atoms. The molecule has 2 rings (SSSR count). The predicted molar refractivity (Wildman–Crippen MR) is 65.0 cm³/mol. The zero-order valence-corrected chi connectivity index (χ0v) is 10.6. The quantitative estimate of drug-likeness (QED) is 0.850. The maximum atomic E-state index is 12.0. The first kappa shape index (κ1) is 11.5. The molecular formula is C11H17N3OS.